The van der Waals surface area contributed by atoms with E-state index in [0.717, 1.165) is 16.5 Å². The molecule has 2 rings (SSSR count). The molecule has 0 nitrogen and oxygen atoms in total. The third kappa shape index (κ3) is 4.56. The highest BCUT2D eigenvalue weighted by Gasteiger charge is 2.04. The Labute approximate surface area is 126 Å². The highest BCUT2D eigenvalue weighted by Crippen LogP contribution is 2.22. The summed E-state index contributed by atoms with van der Waals surface area (Å²) in [5, 5.41) is 1.57. The van der Waals surface area contributed by atoms with Gasteiger partial charge < -0.3 is 0 Å². The predicted molar refractivity (Wildman–Crippen MR) is 86.5 cm³/mol. The minimum atomic E-state index is 0.783. The molecule has 0 amide bonds. The molecule has 0 spiro atoms. The molecule has 0 saturated carbocycles. The summed E-state index contributed by atoms with van der Waals surface area (Å²) in [6.07, 6.45) is 0.874. The number of halogens is 2. The minimum absolute atomic E-state index is 0.783. The van der Waals surface area contributed by atoms with E-state index in [1.165, 1.54) is 22.3 Å². The minimum Gasteiger partial charge on any atom is -0.0843 e. The molecular weight excluding hydrogens is 275 g/mol. The first kappa shape index (κ1) is 16.1. The van der Waals surface area contributed by atoms with Gasteiger partial charge in [0.25, 0.3) is 0 Å². The van der Waals surface area contributed by atoms with Crippen molar-refractivity contribution in [2.75, 3.05) is 0 Å². The molecule has 2 aromatic rings. The zero-order valence-electron chi connectivity index (χ0n) is 11.9. The van der Waals surface area contributed by atoms with E-state index in [-0.39, 0.29) is 0 Å². The Morgan fingerprint density at radius 3 is 1.47 bits per heavy atom. The van der Waals surface area contributed by atoms with Crippen LogP contribution in [0.4, 0.5) is 0 Å². The van der Waals surface area contributed by atoms with Crippen molar-refractivity contribution >= 4 is 23.2 Å². The van der Waals surface area contributed by atoms with E-state index in [9.17, 15) is 0 Å². The lowest BCUT2D eigenvalue weighted by molar-refractivity contribution is 1.13. The summed E-state index contributed by atoms with van der Waals surface area (Å²) >= 11 is 12.1. The second kappa shape index (κ2) is 7.57. The first-order valence-electron chi connectivity index (χ1n) is 6.56. The Balaban J connectivity index is 0.000000861. The van der Waals surface area contributed by atoms with Crippen LogP contribution in [0.25, 0.3) is 0 Å². The predicted octanol–water partition coefficient (Wildman–Crippen LogP) is 6.23. The SMILES string of the molecule is CC.Cc1ccc(Cl)cc1Cc1cc(Cl)ccc1C. The number of benzene rings is 2. The van der Waals surface area contributed by atoms with Crippen LogP contribution in [0.5, 0.6) is 0 Å². The number of hydrogen-bond donors (Lipinski definition) is 0. The molecule has 0 unspecified atom stereocenters. The standard InChI is InChI=1S/C15H14Cl2.C2H6/c1-10-3-5-14(16)8-12(10)7-13-9-15(17)6-4-11(13)2;1-2/h3-6,8-9H,7H2,1-2H3;1-2H3. The molecule has 0 bridgehead atoms. The summed E-state index contributed by atoms with van der Waals surface area (Å²) in [6.45, 7) is 8.21. The first-order chi connectivity index (χ1) is 9.06. The van der Waals surface area contributed by atoms with E-state index in [1.807, 2.05) is 38.1 Å². The largest absolute Gasteiger partial charge is 0.0843 e. The Morgan fingerprint density at radius 1 is 0.737 bits per heavy atom. The van der Waals surface area contributed by atoms with Crippen LogP contribution in [0.2, 0.25) is 10.0 Å². The average molecular weight is 295 g/mol. The van der Waals surface area contributed by atoms with Gasteiger partial charge in [-0.25, -0.2) is 0 Å². The van der Waals surface area contributed by atoms with Gasteiger partial charge in [-0.3, -0.25) is 0 Å². The zero-order chi connectivity index (χ0) is 14.4. The third-order valence-corrected chi connectivity index (χ3v) is 3.47. The highest BCUT2D eigenvalue weighted by molar-refractivity contribution is 6.31. The molecule has 0 aliphatic rings. The molecule has 0 radical (unpaired) electrons. The molecule has 102 valence electrons. The van der Waals surface area contributed by atoms with E-state index in [0.29, 0.717) is 0 Å². The Bertz CT molecular complexity index is 495. The van der Waals surface area contributed by atoms with E-state index in [4.69, 9.17) is 23.2 Å². The van der Waals surface area contributed by atoms with Crippen LogP contribution in [-0.2, 0) is 6.42 Å². The van der Waals surface area contributed by atoms with Gasteiger partial charge in [0, 0.05) is 10.0 Å². The molecule has 0 saturated heterocycles. The van der Waals surface area contributed by atoms with Crippen molar-refractivity contribution in [3.05, 3.63) is 68.7 Å². The average Bonchev–Trinajstić information content (AvgIpc) is 2.40. The van der Waals surface area contributed by atoms with E-state index < -0.39 is 0 Å². The van der Waals surface area contributed by atoms with Crippen molar-refractivity contribution in [1.82, 2.24) is 0 Å². The fourth-order valence-corrected chi connectivity index (χ4v) is 2.26. The quantitative estimate of drug-likeness (QED) is 0.616. The van der Waals surface area contributed by atoms with E-state index >= 15 is 0 Å². The van der Waals surface area contributed by atoms with Crippen molar-refractivity contribution in [3.8, 4) is 0 Å². The molecule has 0 aromatic heterocycles. The number of aryl methyl sites for hydroxylation is 2. The molecule has 0 heterocycles. The van der Waals surface area contributed by atoms with Gasteiger partial charge in [-0.2, -0.15) is 0 Å². The molecule has 0 fully saturated rings. The molecule has 0 aliphatic carbocycles. The smallest absolute Gasteiger partial charge is 0.0409 e. The van der Waals surface area contributed by atoms with Crippen molar-refractivity contribution in [3.63, 3.8) is 0 Å². The maximum absolute atomic E-state index is 6.03. The van der Waals surface area contributed by atoms with Gasteiger partial charge in [0.2, 0.25) is 0 Å². The Kier molecular flexibility index (Phi) is 6.41. The summed E-state index contributed by atoms with van der Waals surface area (Å²) in [4.78, 5) is 0. The lowest BCUT2D eigenvalue weighted by atomic mass is 9.98. The molecule has 2 aromatic carbocycles. The third-order valence-electron chi connectivity index (χ3n) is 3.00. The van der Waals surface area contributed by atoms with Crippen molar-refractivity contribution < 1.29 is 0 Å². The van der Waals surface area contributed by atoms with Gasteiger partial charge >= 0.3 is 0 Å². The summed E-state index contributed by atoms with van der Waals surface area (Å²) in [5.41, 5.74) is 5.02. The van der Waals surface area contributed by atoms with Crippen molar-refractivity contribution in [1.29, 1.82) is 0 Å². The van der Waals surface area contributed by atoms with Gasteiger partial charge in [-0.15, -0.1) is 0 Å². The van der Waals surface area contributed by atoms with Crippen LogP contribution in [0.15, 0.2) is 36.4 Å². The maximum atomic E-state index is 6.03. The molecular formula is C17H20Cl2. The molecule has 0 atom stereocenters. The Morgan fingerprint density at radius 2 is 1.11 bits per heavy atom. The zero-order valence-corrected chi connectivity index (χ0v) is 13.4. The second-order valence-corrected chi connectivity index (χ2v) is 5.19. The fourth-order valence-electron chi connectivity index (χ4n) is 1.87. The maximum Gasteiger partial charge on any atom is 0.0409 e. The van der Waals surface area contributed by atoms with Crippen molar-refractivity contribution in [2.45, 2.75) is 34.1 Å². The Hall–Kier alpha value is -0.980. The summed E-state index contributed by atoms with van der Waals surface area (Å²) in [5.74, 6) is 0. The topological polar surface area (TPSA) is 0 Å². The van der Waals surface area contributed by atoms with Crippen molar-refractivity contribution in [2.24, 2.45) is 0 Å². The van der Waals surface area contributed by atoms with Crippen LogP contribution in [0.3, 0.4) is 0 Å². The summed E-state index contributed by atoms with van der Waals surface area (Å²) < 4.78 is 0. The second-order valence-electron chi connectivity index (χ2n) is 4.32. The highest BCUT2D eigenvalue weighted by atomic mass is 35.5. The van der Waals surface area contributed by atoms with E-state index in [1.54, 1.807) is 0 Å². The van der Waals surface area contributed by atoms with Gasteiger partial charge in [0.1, 0.15) is 0 Å². The fraction of sp³-hybridized carbons (Fsp3) is 0.294. The lowest BCUT2D eigenvalue weighted by Crippen LogP contribution is -1.94. The summed E-state index contributed by atoms with van der Waals surface area (Å²) in [7, 11) is 0. The van der Waals surface area contributed by atoms with Crippen LogP contribution < -0.4 is 0 Å². The van der Waals surface area contributed by atoms with Gasteiger partial charge in [-0.1, -0.05) is 49.2 Å². The van der Waals surface area contributed by atoms with Crippen LogP contribution in [-0.4, -0.2) is 0 Å². The normalized spacial score (nSPS) is 9.79. The van der Waals surface area contributed by atoms with Gasteiger partial charge in [-0.05, 0) is 66.8 Å². The van der Waals surface area contributed by atoms with Crippen LogP contribution in [0, 0.1) is 13.8 Å². The van der Waals surface area contributed by atoms with Crippen LogP contribution >= 0.6 is 23.2 Å². The molecule has 0 N–H and O–H groups in total. The first-order valence-corrected chi connectivity index (χ1v) is 7.32. The van der Waals surface area contributed by atoms with Gasteiger partial charge in [0.15, 0.2) is 0 Å². The summed E-state index contributed by atoms with van der Waals surface area (Å²) in [6, 6.07) is 12.0. The van der Waals surface area contributed by atoms with E-state index in [2.05, 4.69) is 26.0 Å². The monoisotopic (exact) mass is 294 g/mol. The number of rotatable bonds is 2. The molecule has 2 heteroatoms. The molecule has 19 heavy (non-hydrogen) atoms. The molecule has 0 aliphatic heterocycles. The number of hydrogen-bond acceptors (Lipinski definition) is 0. The lowest BCUT2D eigenvalue weighted by Gasteiger charge is -2.09. The van der Waals surface area contributed by atoms with Crippen LogP contribution in [0.1, 0.15) is 36.1 Å². The van der Waals surface area contributed by atoms with Gasteiger partial charge in [0.05, 0.1) is 0 Å².